The van der Waals surface area contributed by atoms with Crippen molar-refractivity contribution in [2.24, 2.45) is 0 Å². The summed E-state index contributed by atoms with van der Waals surface area (Å²) >= 11 is 5.11. The van der Waals surface area contributed by atoms with E-state index in [1.54, 1.807) is 35.3 Å². The van der Waals surface area contributed by atoms with Gasteiger partial charge in [-0.15, -0.1) is 6.58 Å². The van der Waals surface area contributed by atoms with Crippen molar-refractivity contribution < 1.29 is 13.9 Å². The first kappa shape index (κ1) is 15.8. The van der Waals surface area contributed by atoms with Gasteiger partial charge >= 0.3 is 5.97 Å². The molecule has 2 aromatic heterocycles. The molecule has 0 aliphatic rings. The minimum absolute atomic E-state index is 0.165. The Kier molecular flexibility index (Phi) is 5.31. The van der Waals surface area contributed by atoms with Crippen LogP contribution in [0.2, 0.25) is 0 Å². The number of nitrogens with zero attached hydrogens (tertiary/aromatic N) is 2. The molecule has 2 heterocycles. The molecule has 0 aliphatic heterocycles. The Hall–Kier alpha value is -2.61. The van der Waals surface area contributed by atoms with Gasteiger partial charge in [0, 0.05) is 12.7 Å². The van der Waals surface area contributed by atoms with Crippen LogP contribution in [0.1, 0.15) is 16.3 Å². The second-order valence-corrected chi connectivity index (χ2v) is 4.72. The van der Waals surface area contributed by atoms with Gasteiger partial charge in [-0.25, -0.2) is 4.79 Å². The minimum Gasteiger partial charge on any atom is -0.463 e. The lowest BCUT2D eigenvalue weighted by atomic mass is 10.4. The van der Waals surface area contributed by atoms with Gasteiger partial charge in [-0.1, -0.05) is 6.08 Å². The summed E-state index contributed by atoms with van der Waals surface area (Å²) in [5.41, 5.74) is 0.751. The largest absolute Gasteiger partial charge is 0.463 e. The summed E-state index contributed by atoms with van der Waals surface area (Å²) in [5, 5.41) is 10.6. The number of thiocarbonyl (C=S) groups is 1. The van der Waals surface area contributed by atoms with Gasteiger partial charge in [-0.2, -0.15) is 5.10 Å². The van der Waals surface area contributed by atoms with Gasteiger partial charge in [0.2, 0.25) is 5.76 Å². The number of anilines is 1. The van der Waals surface area contributed by atoms with E-state index in [0.717, 1.165) is 5.69 Å². The molecule has 8 heteroatoms. The fraction of sp³-hybridized carbons (Fsp3) is 0.214. The van der Waals surface area contributed by atoms with Crippen molar-refractivity contribution in [2.75, 3.05) is 19.0 Å². The first-order valence-electron chi connectivity index (χ1n) is 6.47. The molecular weight excluding hydrogens is 304 g/mol. The number of aromatic nitrogens is 2. The molecule has 0 radical (unpaired) electrons. The van der Waals surface area contributed by atoms with Crippen molar-refractivity contribution in [2.45, 2.75) is 6.54 Å². The van der Waals surface area contributed by atoms with Crippen LogP contribution >= 0.6 is 12.2 Å². The Morgan fingerprint density at radius 1 is 1.59 bits per heavy atom. The molecule has 0 unspecified atom stereocenters. The van der Waals surface area contributed by atoms with Crippen LogP contribution in [0.4, 0.5) is 5.69 Å². The van der Waals surface area contributed by atoms with E-state index in [2.05, 4.69) is 27.0 Å². The number of methoxy groups -OCH3 is 1. The Bertz CT molecular complexity index is 677. The molecule has 0 spiro atoms. The summed E-state index contributed by atoms with van der Waals surface area (Å²) in [4.78, 5) is 11.3. The molecule has 0 bridgehead atoms. The van der Waals surface area contributed by atoms with Crippen LogP contribution in [0.15, 0.2) is 41.6 Å². The highest BCUT2D eigenvalue weighted by molar-refractivity contribution is 7.80. The van der Waals surface area contributed by atoms with E-state index in [1.165, 1.54) is 7.11 Å². The van der Waals surface area contributed by atoms with Gasteiger partial charge in [-0.05, 0) is 24.4 Å². The summed E-state index contributed by atoms with van der Waals surface area (Å²) in [6, 6.07) is 3.27. The Morgan fingerprint density at radius 3 is 3.14 bits per heavy atom. The lowest BCUT2D eigenvalue weighted by Gasteiger charge is -2.05. The summed E-state index contributed by atoms with van der Waals surface area (Å²) in [6.07, 6.45) is 5.14. The molecule has 2 aromatic rings. The molecule has 0 aromatic carbocycles. The SMILES string of the molecule is C=CCNC(=S)Nc1cnn(Cc2ccc(C(=O)OC)o2)c1. The first-order chi connectivity index (χ1) is 10.6. The molecule has 0 saturated heterocycles. The number of carbonyl (C=O) groups is 1. The van der Waals surface area contributed by atoms with Crippen LogP contribution in [0.5, 0.6) is 0 Å². The van der Waals surface area contributed by atoms with E-state index in [-0.39, 0.29) is 5.76 Å². The predicted octanol–water partition coefficient (Wildman–Crippen LogP) is 1.78. The predicted molar refractivity (Wildman–Crippen MR) is 85.8 cm³/mol. The fourth-order valence-electron chi connectivity index (χ4n) is 1.69. The molecule has 0 atom stereocenters. The lowest BCUT2D eigenvalue weighted by molar-refractivity contribution is 0.0563. The highest BCUT2D eigenvalue weighted by atomic mass is 32.1. The Labute approximate surface area is 132 Å². The molecular formula is C14H16N4O3S. The van der Waals surface area contributed by atoms with Crippen LogP contribution in [-0.2, 0) is 11.3 Å². The fourth-order valence-corrected chi connectivity index (χ4v) is 1.89. The van der Waals surface area contributed by atoms with Crippen molar-refractivity contribution in [3.63, 3.8) is 0 Å². The molecule has 7 nitrogen and oxygen atoms in total. The van der Waals surface area contributed by atoms with E-state index >= 15 is 0 Å². The third-order valence-corrected chi connectivity index (χ3v) is 2.91. The van der Waals surface area contributed by atoms with E-state index < -0.39 is 5.97 Å². The van der Waals surface area contributed by atoms with Gasteiger partial charge in [0.05, 0.1) is 25.5 Å². The van der Waals surface area contributed by atoms with Crippen molar-refractivity contribution in [1.29, 1.82) is 0 Å². The number of hydrogen-bond acceptors (Lipinski definition) is 5. The first-order valence-corrected chi connectivity index (χ1v) is 6.88. The van der Waals surface area contributed by atoms with Gasteiger partial charge < -0.3 is 19.8 Å². The molecule has 0 amide bonds. The Balaban J connectivity index is 1.94. The molecule has 0 aliphatic carbocycles. The summed E-state index contributed by atoms with van der Waals surface area (Å²) in [5.74, 6) is 0.257. The van der Waals surface area contributed by atoms with Crippen LogP contribution < -0.4 is 10.6 Å². The number of carbonyl (C=O) groups excluding carboxylic acids is 1. The van der Waals surface area contributed by atoms with Crippen LogP contribution in [0.25, 0.3) is 0 Å². The molecule has 116 valence electrons. The minimum atomic E-state index is -0.507. The number of nitrogens with one attached hydrogen (secondary N) is 2. The maximum absolute atomic E-state index is 11.3. The van der Waals surface area contributed by atoms with Crippen molar-refractivity contribution in [1.82, 2.24) is 15.1 Å². The number of esters is 1. The van der Waals surface area contributed by atoms with Crippen molar-refractivity contribution >= 4 is 29.0 Å². The summed E-state index contributed by atoms with van der Waals surface area (Å²) in [6.45, 7) is 4.58. The third-order valence-electron chi connectivity index (χ3n) is 2.66. The number of furan rings is 1. The van der Waals surface area contributed by atoms with Crippen molar-refractivity contribution in [3.8, 4) is 0 Å². The maximum atomic E-state index is 11.3. The van der Waals surface area contributed by atoms with Crippen LogP contribution in [0, 0.1) is 0 Å². The van der Waals surface area contributed by atoms with Crippen molar-refractivity contribution in [3.05, 3.63) is 48.7 Å². The van der Waals surface area contributed by atoms with E-state index in [4.69, 9.17) is 16.6 Å². The summed E-state index contributed by atoms with van der Waals surface area (Å²) < 4.78 is 11.6. The number of hydrogen-bond donors (Lipinski definition) is 2. The second kappa shape index (κ2) is 7.41. The van der Waals surface area contributed by atoms with E-state index in [1.807, 2.05) is 0 Å². The lowest BCUT2D eigenvalue weighted by Crippen LogP contribution is -2.28. The molecule has 0 fully saturated rings. The molecule has 2 rings (SSSR count). The second-order valence-electron chi connectivity index (χ2n) is 4.31. The zero-order valence-corrected chi connectivity index (χ0v) is 12.9. The quantitative estimate of drug-likeness (QED) is 0.477. The van der Waals surface area contributed by atoms with E-state index in [0.29, 0.717) is 24.0 Å². The van der Waals surface area contributed by atoms with Gasteiger partial charge in [-0.3, -0.25) is 4.68 Å². The van der Waals surface area contributed by atoms with Gasteiger partial charge in [0.15, 0.2) is 5.11 Å². The monoisotopic (exact) mass is 320 g/mol. The zero-order chi connectivity index (χ0) is 15.9. The summed E-state index contributed by atoms with van der Waals surface area (Å²) in [7, 11) is 1.30. The average molecular weight is 320 g/mol. The van der Waals surface area contributed by atoms with E-state index in [9.17, 15) is 4.79 Å². The van der Waals surface area contributed by atoms with Crippen LogP contribution in [-0.4, -0.2) is 34.5 Å². The molecule has 22 heavy (non-hydrogen) atoms. The van der Waals surface area contributed by atoms with Crippen LogP contribution in [0.3, 0.4) is 0 Å². The van der Waals surface area contributed by atoms with Gasteiger partial charge in [0.1, 0.15) is 5.76 Å². The third kappa shape index (κ3) is 4.19. The smallest absolute Gasteiger partial charge is 0.373 e. The maximum Gasteiger partial charge on any atom is 0.373 e. The average Bonchev–Trinajstić information content (AvgIpc) is 3.14. The Morgan fingerprint density at radius 2 is 2.41 bits per heavy atom. The topological polar surface area (TPSA) is 81.3 Å². The van der Waals surface area contributed by atoms with Gasteiger partial charge in [0.25, 0.3) is 0 Å². The normalized spacial score (nSPS) is 10.0. The zero-order valence-electron chi connectivity index (χ0n) is 12.0. The number of rotatable bonds is 6. The number of ether oxygens (including phenoxy) is 1. The highest BCUT2D eigenvalue weighted by Crippen LogP contribution is 2.12. The molecule has 2 N–H and O–H groups in total. The standard InChI is InChI=1S/C14H16N4O3S/c1-3-6-15-14(22)17-10-7-16-18(8-10)9-11-4-5-12(21-11)13(19)20-2/h3-5,7-8H,1,6,9H2,2H3,(H2,15,17,22). The highest BCUT2D eigenvalue weighted by Gasteiger charge is 2.11. The molecule has 0 saturated carbocycles.